The minimum absolute atomic E-state index is 0.0152. The average molecular weight is 376 g/mol. The van der Waals surface area contributed by atoms with Crippen molar-refractivity contribution in [2.45, 2.75) is 13.5 Å². The molecule has 142 valence electrons. The van der Waals surface area contributed by atoms with Gasteiger partial charge < -0.3 is 15.4 Å². The van der Waals surface area contributed by atoms with Gasteiger partial charge in [0.25, 0.3) is 5.91 Å². The summed E-state index contributed by atoms with van der Waals surface area (Å²) >= 11 is 0. The molecule has 0 aliphatic heterocycles. The molecule has 0 saturated carbocycles. The molecule has 0 saturated heterocycles. The Hall–Kier alpha value is -3.74. The summed E-state index contributed by atoms with van der Waals surface area (Å²) in [5.74, 6) is 0.914. The molecule has 7 nitrogen and oxygen atoms in total. The van der Waals surface area contributed by atoms with Gasteiger partial charge in [0.15, 0.2) is 17.3 Å². The Morgan fingerprint density at radius 1 is 1.00 bits per heavy atom. The third-order valence-electron chi connectivity index (χ3n) is 4.05. The number of hydrogen-bond donors (Lipinski definition) is 2. The number of carbonyl (C=O) groups excluding carboxylic acids is 2. The minimum atomic E-state index is -0.312. The number of methoxy groups -OCH3 is 1. The number of ketones is 1. The van der Waals surface area contributed by atoms with Crippen molar-refractivity contribution in [2.75, 3.05) is 12.4 Å². The van der Waals surface area contributed by atoms with Gasteiger partial charge in [-0.1, -0.05) is 24.3 Å². The molecule has 2 aromatic carbocycles. The predicted octanol–water partition coefficient (Wildman–Crippen LogP) is 3.36. The first-order chi connectivity index (χ1) is 13.5. The van der Waals surface area contributed by atoms with Crippen LogP contribution in [0.25, 0.3) is 0 Å². The number of nitrogens with zero attached hydrogens (tertiary/aromatic N) is 2. The van der Waals surface area contributed by atoms with Crippen LogP contribution in [0.5, 0.6) is 5.75 Å². The summed E-state index contributed by atoms with van der Waals surface area (Å²) in [6, 6.07) is 17.8. The van der Waals surface area contributed by atoms with E-state index in [1.54, 1.807) is 37.4 Å². The Morgan fingerprint density at radius 3 is 2.43 bits per heavy atom. The lowest BCUT2D eigenvalue weighted by Gasteiger charge is -2.08. The van der Waals surface area contributed by atoms with E-state index in [0.29, 0.717) is 17.9 Å². The molecule has 1 heterocycles. The number of aromatic nitrogens is 2. The summed E-state index contributed by atoms with van der Waals surface area (Å²) in [6.07, 6.45) is 0. The molecule has 0 unspecified atom stereocenters. The normalized spacial score (nSPS) is 10.2. The Balaban J connectivity index is 1.59. The smallest absolute Gasteiger partial charge is 0.272 e. The Bertz CT molecular complexity index is 970. The second kappa shape index (κ2) is 8.77. The van der Waals surface area contributed by atoms with E-state index in [2.05, 4.69) is 20.8 Å². The highest BCUT2D eigenvalue weighted by Gasteiger charge is 2.09. The molecule has 3 aromatic rings. The van der Waals surface area contributed by atoms with Crippen molar-refractivity contribution in [3.63, 3.8) is 0 Å². The number of carbonyl (C=O) groups is 2. The second-order valence-corrected chi connectivity index (χ2v) is 6.10. The standard InChI is InChI=1S/C21H20N4O3/c1-14(26)16-4-3-5-17(12-16)23-20-11-10-19(24-25-20)21(27)22-13-15-6-8-18(28-2)9-7-15/h3-12H,13H2,1-2H3,(H,22,27)(H,23,25). The van der Waals surface area contributed by atoms with Crippen LogP contribution >= 0.6 is 0 Å². The van der Waals surface area contributed by atoms with Crippen LogP contribution in [0.2, 0.25) is 0 Å². The van der Waals surface area contributed by atoms with E-state index in [0.717, 1.165) is 17.0 Å². The van der Waals surface area contributed by atoms with Gasteiger partial charge in [-0.25, -0.2) is 0 Å². The number of rotatable bonds is 7. The average Bonchev–Trinajstić information content (AvgIpc) is 2.73. The number of anilines is 2. The van der Waals surface area contributed by atoms with E-state index in [1.165, 1.54) is 6.92 Å². The van der Waals surface area contributed by atoms with Gasteiger partial charge in [-0.2, -0.15) is 0 Å². The lowest BCUT2D eigenvalue weighted by atomic mass is 10.1. The van der Waals surface area contributed by atoms with E-state index in [-0.39, 0.29) is 17.4 Å². The van der Waals surface area contributed by atoms with Gasteiger partial charge in [0.1, 0.15) is 5.75 Å². The quantitative estimate of drug-likeness (QED) is 0.614. The minimum Gasteiger partial charge on any atom is -0.497 e. The first-order valence-corrected chi connectivity index (χ1v) is 8.68. The molecule has 0 aliphatic rings. The van der Waals surface area contributed by atoms with Crippen LogP contribution in [0.15, 0.2) is 60.7 Å². The van der Waals surface area contributed by atoms with Crippen LogP contribution in [-0.4, -0.2) is 29.0 Å². The van der Waals surface area contributed by atoms with E-state index in [9.17, 15) is 9.59 Å². The fraction of sp³-hybridized carbons (Fsp3) is 0.143. The molecular formula is C21H20N4O3. The first-order valence-electron chi connectivity index (χ1n) is 8.68. The number of hydrogen-bond acceptors (Lipinski definition) is 6. The Morgan fingerprint density at radius 2 is 1.79 bits per heavy atom. The molecule has 1 amide bonds. The van der Waals surface area contributed by atoms with Gasteiger partial charge in [-0.15, -0.1) is 10.2 Å². The Labute approximate surface area is 162 Å². The van der Waals surface area contributed by atoms with Gasteiger partial charge >= 0.3 is 0 Å². The molecule has 3 rings (SSSR count). The molecule has 0 spiro atoms. The van der Waals surface area contributed by atoms with Crippen molar-refractivity contribution in [2.24, 2.45) is 0 Å². The molecule has 0 bridgehead atoms. The van der Waals surface area contributed by atoms with Crippen LogP contribution in [-0.2, 0) is 6.54 Å². The largest absolute Gasteiger partial charge is 0.497 e. The third kappa shape index (κ3) is 4.91. The molecular weight excluding hydrogens is 356 g/mol. The first kappa shape index (κ1) is 19.0. The van der Waals surface area contributed by atoms with Gasteiger partial charge in [0, 0.05) is 17.8 Å². The van der Waals surface area contributed by atoms with Crippen LogP contribution < -0.4 is 15.4 Å². The van der Waals surface area contributed by atoms with Gasteiger partial charge in [0.2, 0.25) is 0 Å². The number of ether oxygens (including phenoxy) is 1. The zero-order valence-electron chi connectivity index (χ0n) is 15.6. The van der Waals surface area contributed by atoms with E-state index in [1.807, 2.05) is 30.3 Å². The maximum Gasteiger partial charge on any atom is 0.272 e. The Kier molecular flexibility index (Phi) is 5.96. The highest BCUT2D eigenvalue weighted by Crippen LogP contribution is 2.16. The van der Waals surface area contributed by atoms with Gasteiger partial charge in [-0.05, 0) is 48.9 Å². The molecule has 0 fully saturated rings. The molecule has 0 aliphatic carbocycles. The maximum atomic E-state index is 12.2. The fourth-order valence-corrected chi connectivity index (χ4v) is 2.50. The molecule has 0 atom stereocenters. The number of amides is 1. The fourth-order valence-electron chi connectivity index (χ4n) is 2.50. The van der Waals surface area contributed by atoms with E-state index >= 15 is 0 Å². The van der Waals surface area contributed by atoms with Crippen molar-refractivity contribution in [1.82, 2.24) is 15.5 Å². The van der Waals surface area contributed by atoms with Crippen molar-refractivity contribution < 1.29 is 14.3 Å². The lowest BCUT2D eigenvalue weighted by molar-refractivity contribution is 0.0944. The summed E-state index contributed by atoms with van der Waals surface area (Å²) in [6.45, 7) is 1.89. The lowest BCUT2D eigenvalue weighted by Crippen LogP contribution is -2.24. The van der Waals surface area contributed by atoms with Crippen LogP contribution in [0.3, 0.4) is 0 Å². The SMILES string of the molecule is COc1ccc(CNC(=O)c2ccc(Nc3cccc(C(C)=O)c3)nn2)cc1. The number of benzene rings is 2. The predicted molar refractivity (Wildman–Crippen MR) is 106 cm³/mol. The van der Waals surface area contributed by atoms with Crippen LogP contribution in [0.4, 0.5) is 11.5 Å². The highest BCUT2D eigenvalue weighted by atomic mass is 16.5. The van der Waals surface area contributed by atoms with Crippen LogP contribution in [0, 0.1) is 0 Å². The topological polar surface area (TPSA) is 93.2 Å². The van der Waals surface area contributed by atoms with Crippen molar-refractivity contribution in [1.29, 1.82) is 0 Å². The molecule has 0 radical (unpaired) electrons. The summed E-state index contributed by atoms with van der Waals surface area (Å²) in [7, 11) is 1.61. The van der Waals surface area contributed by atoms with Crippen LogP contribution in [0.1, 0.15) is 33.3 Å². The van der Waals surface area contributed by atoms with Crippen molar-refractivity contribution in [3.8, 4) is 5.75 Å². The third-order valence-corrected chi connectivity index (χ3v) is 4.05. The zero-order valence-corrected chi connectivity index (χ0v) is 15.6. The van der Waals surface area contributed by atoms with Gasteiger partial charge in [-0.3, -0.25) is 9.59 Å². The summed E-state index contributed by atoms with van der Waals surface area (Å²) in [4.78, 5) is 23.7. The second-order valence-electron chi connectivity index (χ2n) is 6.10. The molecule has 28 heavy (non-hydrogen) atoms. The van der Waals surface area contributed by atoms with Crippen molar-refractivity contribution >= 4 is 23.2 Å². The number of Topliss-reactive ketones (excluding diaryl/α,β-unsaturated/α-hetero) is 1. The maximum absolute atomic E-state index is 12.2. The van der Waals surface area contributed by atoms with E-state index in [4.69, 9.17) is 4.74 Å². The summed E-state index contributed by atoms with van der Waals surface area (Å²) in [5, 5.41) is 13.9. The summed E-state index contributed by atoms with van der Waals surface area (Å²) in [5.41, 5.74) is 2.49. The molecule has 1 aromatic heterocycles. The van der Waals surface area contributed by atoms with Crippen molar-refractivity contribution in [3.05, 3.63) is 77.5 Å². The number of nitrogens with one attached hydrogen (secondary N) is 2. The zero-order chi connectivity index (χ0) is 19.9. The van der Waals surface area contributed by atoms with Gasteiger partial charge in [0.05, 0.1) is 7.11 Å². The molecule has 7 heteroatoms. The highest BCUT2D eigenvalue weighted by molar-refractivity contribution is 5.95. The van der Waals surface area contributed by atoms with E-state index < -0.39 is 0 Å². The summed E-state index contributed by atoms with van der Waals surface area (Å²) < 4.78 is 5.11. The monoisotopic (exact) mass is 376 g/mol. The molecule has 2 N–H and O–H groups in total.